The Morgan fingerprint density at radius 3 is 2.35 bits per heavy atom. The average molecular weight is 476 g/mol. The van der Waals surface area contributed by atoms with E-state index in [-0.39, 0.29) is 16.8 Å². The van der Waals surface area contributed by atoms with Crippen LogP contribution in [0.15, 0.2) is 63.8 Å². The molecule has 7 heteroatoms. The predicted molar refractivity (Wildman–Crippen MR) is 132 cm³/mol. The Balaban J connectivity index is 1.83. The van der Waals surface area contributed by atoms with E-state index < -0.39 is 11.9 Å². The number of nitrogens with zero attached hydrogens (tertiary/aromatic N) is 1. The molecule has 1 amide bonds. The van der Waals surface area contributed by atoms with E-state index in [0.717, 1.165) is 11.1 Å². The molecule has 0 saturated carbocycles. The number of halogens is 1. The number of hydrogen-bond donors (Lipinski definition) is 0. The van der Waals surface area contributed by atoms with E-state index in [2.05, 4.69) is 0 Å². The maximum atomic E-state index is 13.8. The standard InChI is InChI=1S/C27H22ClNO5/c1-14-10-19-21(11-15(14)2)34-26-23(25(19)30)24(16-8-9-20(32-3)22(12-16)33-4)29(27(26)31)18-7-5-6-17(28)13-18/h5-13,24H,1-4H3. The number of methoxy groups -OCH3 is 2. The van der Waals surface area contributed by atoms with E-state index >= 15 is 0 Å². The fourth-order valence-electron chi connectivity index (χ4n) is 4.46. The van der Waals surface area contributed by atoms with Crippen LogP contribution in [0.5, 0.6) is 11.5 Å². The summed E-state index contributed by atoms with van der Waals surface area (Å²) < 4.78 is 17.0. The van der Waals surface area contributed by atoms with E-state index in [9.17, 15) is 9.59 Å². The van der Waals surface area contributed by atoms with Gasteiger partial charge in [-0.2, -0.15) is 0 Å². The summed E-state index contributed by atoms with van der Waals surface area (Å²) in [6, 6.07) is 15.2. The van der Waals surface area contributed by atoms with Crippen molar-refractivity contribution in [1.82, 2.24) is 0 Å². The molecule has 34 heavy (non-hydrogen) atoms. The molecule has 1 unspecified atom stereocenters. The molecule has 0 fully saturated rings. The van der Waals surface area contributed by atoms with Gasteiger partial charge in [0.05, 0.1) is 31.2 Å². The molecular weight excluding hydrogens is 454 g/mol. The second kappa shape index (κ2) is 8.22. The van der Waals surface area contributed by atoms with Gasteiger partial charge in [-0.05, 0) is 73.0 Å². The lowest BCUT2D eigenvalue weighted by Crippen LogP contribution is -2.29. The Morgan fingerprint density at radius 1 is 0.912 bits per heavy atom. The van der Waals surface area contributed by atoms with Crippen LogP contribution < -0.4 is 19.8 Å². The summed E-state index contributed by atoms with van der Waals surface area (Å²) in [5.41, 5.74) is 3.62. The van der Waals surface area contributed by atoms with Gasteiger partial charge in [0, 0.05) is 10.7 Å². The number of carbonyl (C=O) groups is 1. The molecule has 1 aromatic heterocycles. The van der Waals surface area contributed by atoms with Gasteiger partial charge in [-0.25, -0.2) is 0 Å². The van der Waals surface area contributed by atoms with Gasteiger partial charge in [-0.3, -0.25) is 14.5 Å². The summed E-state index contributed by atoms with van der Waals surface area (Å²) in [4.78, 5) is 29.1. The number of fused-ring (bicyclic) bond motifs is 2. The number of amides is 1. The minimum atomic E-state index is -0.733. The number of benzene rings is 3. The third-order valence-corrected chi connectivity index (χ3v) is 6.53. The van der Waals surface area contributed by atoms with Gasteiger partial charge >= 0.3 is 0 Å². The first-order valence-electron chi connectivity index (χ1n) is 10.7. The van der Waals surface area contributed by atoms with Gasteiger partial charge in [0.25, 0.3) is 5.91 Å². The summed E-state index contributed by atoms with van der Waals surface area (Å²) in [5.74, 6) is 0.653. The zero-order valence-electron chi connectivity index (χ0n) is 19.1. The number of anilines is 1. The highest BCUT2D eigenvalue weighted by Gasteiger charge is 2.44. The average Bonchev–Trinajstić information content (AvgIpc) is 3.12. The molecular formula is C27H22ClNO5. The Bertz CT molecular complexity index is 1520. The monoisotopic (exact) mass is 475 g/mol. The summed E-state index contributed by atoms with van der Waals surface area (Å²) in [5, 5.41) is 0.913. The van der Waals surface area contributed by atoms with E-state index in [4.69, 9.17) is 25.5 Å². The molecule has 2 heterocycles. The molecule has 0 saturated heterocycles. The molecule has 6 nitrogen and oxygen atoms in total. The van der Waals surface area contributed by atoms with E-state index in [1.807, 2.05) is 26.0 Å². The van der Waals surface area contributed by atoms with E-state index in [1.54, 1.807) is 54.5 Å². The minimum Gasteiger partial charge on any atom is -0.493 e. The lowest BCUT2D eigenvalue weighted by atomic mass is 9.97. The first kappa shape index (κ1) is 22.0. The third kappa shape index (κ3) is 3.33. The smallest absolute Gasteiger partial charge is 0.295 e. The van der Waals surface area contributed by atoms with Crippen LogP contribution in [0, 0.1) is 13.8 Å². The second-order valence-electron chi connectivity index (χ2n) is 8.28. The van der Waals surface area contributed by atoms with Gasteiger partial charge in [0.1, 0.15) is 5.58 Å². The molecule has 0 N–H and O–H groups in total. The lowest BCUT2D eigenvalue weighted by Gasteiger charge is -2.26. The number of aryl methyl sites for hydroxylation is 2. The zero-order valence-corrected chi connectivity index (χ0v) is 19.9. The van der Waals surface area contributed by atoms with Crippen molar-refractivity contribution in [2.45, 2.75) is 19.9 Å². The summed E-state index contributed by atoms with van der Waals surface area (Å²) in [6.45, 7) is 3.88. The molecule has 1 atom stereocenters. The Kier molecular flexibility index (Phi) is 5.33. The number of ether oxygens (including phenoxy) is 2. The van der Waals surface area contributed by atoms with Crippen LogP contribution in [0.4, 0.5) is 5.69 Å². The van der Waals surface area contributed by atoms with E-state index in [1.165, 1.54) is 7.11 Å². The normalized spacial score (nSPS) is 15.0. The lowest BCUT2D eigenvalue weighted by molar-refractivity contribution is 0.0971. The number of hydrogen-bond acceptors (Lipinski definition) is 5. The highest BCUT2D eigenvalue weighted by molar-refractivity contribution is 6.31. The minimum absolute atomic E-state index is 0.0283. The van der Waals surface area contributed by atoms with Crippen LogP contribution in [0.3, 0.4) is 0 Å². The Hall–Kier alpha value is -3.77. The molecule has 0 spiro atoms. The van der Waals surface area contributed by atoms with Crippen molar-refractivity contribution in [3.63, 3.8) is 0 Å². The quantitative estimate of drug-likeness (QED) is 0.371. The van der Waals surface area contributed by atoms with Crippen molar-refractivity contribution >= 4 is 34.2 Å². The van der Waals surface area contributed by atoms with Crippen molar-refractivity contribution < 1.29 is 18.7 Å². The summed E-state index contributed by atoms with van der Waals surface area (Å²) in [6.07, 6.45) is 0. The Labute approximate surface area is 201 Å². The third-order valence-electron chi connectivity index (χ3n) is 6.30. The molecule has 1 aliphatic rings. The fraction of sp³-hybridized carbons (Fsp3) is 0.185. The highest BCUT2D eigenvalue weighted by atomic mass is 35.5. The molecule has 0 bridgehead atoms. The second-order valence-corrected chi connectivity index (χ2v) is 8.72. The molecule has 5 rings (SSSR count). The van der Waals surface area contributed by atoms with Gasteiger partial charge in [-0.1, -0.05) is 23.7 Å². The summed E-state index contributed by atoms with van der Waals surface area (Å²) >= 11 is 6.26. The van der Waals surface area contributed by atoms with Crippen molar-refractivity contribution in [3.8, 4) is 11.5 Å². The molecule has 0 radical (unpaired) electrons. The predicted octanol–water partition coefficient (Wildman–Crippen LogP) is 5.83. The van der Waals surface area contributed by atoms with Crippen LogP contribution in [-0.4, -0.2) is 20.1 Å². The maximum Gasteiger partial charge on any atom is 0.295 e. The van der Waals surface area contributed by atoms with Gasteiger partial charge < -0.3 is 13.9 Å². The van der Waals surface area contributed by atoms with Gasteiger partial charge in [0.15, 0.2) is 16.9 Å². The van der Waals surface area contributed by atoms with Gasteiger partial charge in [0.2, 0.25) is 5.76 Å². The number of carbonyl (C=O) groups excluding carboxylic acids is 1. The molecule has 0 aliphatic carbocycles. The topological polar surface area (TPSA) is 69.0 Å². The first-order valence-corrected chi connectivity index (χ1v) is 11.1. The van der Waals surface area contributed by atoms with Crippen molar-refractivity contribution in [2.24, 2.45) is 0 Å². The molecule has 172 valence electrons. The van der Waals surface area contributed by atoms with Gasteiger partial charge in [-0.15, -0.1) is 0 Å². The van der Waals surface area contributed by atoms with Crippen LogP contribution in [0.2, 0.25) is 5.02 Å². The van der Waals surface area contributed by atoms with Crippen LogP contribution in [0.25, 0.3) is 11.0 Å². The molecule has 4 aromatic rings. The highest BCUT2D eigenvalue weighted by Crippen LogP contribution is 2.43. The largest absolute Gasteiger partial charge is 0.493 e. The van der Waals surface area contributed by atoms with E-state index in [0.29, 0.717) is 38.7 Å². The van der Waals surface area contributed by atoms with Crippen molar-refractivity contribution in [2.75, 3.05) is 19.1 Å². The number of rotatable bonds is 4. The Morgan fingerprint density at radius 2 is 1.65 bits per heavy atom. The SMILES string of the molecule is COc1ccc(C2c3c(oc4cc(C)c(C)cc4c3=O)C(=O)N2c2cccc(Cl)c2)cc1OC. The van der Waals surface area contributed by atoms with Crippen molar-refractivity contribution in [3.05, 3.63) is 97.9 Å². The maximum absolute atomic E-state index is 13.8. The first-order chi connectivity index (χ1) is 16.3. The van der Waals surface area contributed by atoms with Crippen LogP contribution >= 0.6 is 11.6 Å². The van der Waals surface area contributed by atoms with Crippen molar-refractivity contribution in [1.29, 1.82) is 0 Å². The van der Waals surface area contributed by atoms with Crippen LogP contribution in [0.1, 0.15) is 38.9 Å². The molecule has 3 aromatic carbocycles. The van der Waals surface area contributed by atoms with Crippen LogP contribution in [-0.2, 0) is 0 Å². The fourth-order valence-corrected chi connectivity index (χ4v) is 4.64. The zero-order chi connectivity index (χ0) is 24.1. The summed E-state index contributed by atoms with van der Waals surface area (Å²) in [7, 11) is 3.09. The molecule has 1 aliphatic heterocycles.